The molecule has 0 atom stereocenters. The minimum absolute atomic E-state index is 0.0213. The lowest BCUT2D eigenvalue weighted by Gasteiger charge is -2.12. The van der Waals surface area contributed by atoms with Crippen molar-refractivity contribution in [3.63, 3.8) is 0 Å². The summed E-state index contributed by atoms with van der Waals surface area (Å²) in [5.74, 6) is 0.771. The minimum atomic E-state index is -0.0213. The Bertz CT molecular complexity index is 1060. The van der Waals surface area contributed by atoms with Crippen molar-refractivity contribution in [2.45, 2.75) is 6.61 Å². The molecule has 0 aliphatic rings. The first-order valence-electron chi connectivity index (χ1n) is 8.40. The highest BCUT2D eigenvalue weighted by atomic mass is 16.5. The van der Waals surface area contributed by atoms with Gasteiger partial charge in [-0.2, -0.15) is 0 Å². The number of hydrogen-bond acceptors (Lipinski definition) is 4. The van der Waals surface area contributed by atoms with Crippen LogP contribution >= 0.6 is 0 Å². The summed E-state index contributed by atoms with van der Waals surface area (Å²) in [5, 5.41) is 9.42. The molecule has 0 amide bonds. The molecule has 0 unspecified atom stereocenters. The summed E-state index contributed by atoms with van der Waals surface area (Å²) in [6.07, 6.45) is 0. The number of methoxy groups -OCH3 is 1. The van der Waals surface area contributed by atoms with E-state index in [1.54, 1.807) is 7.11 Å². The third-order valence-electron chi connectivity index (χ3n) is 4.30. The van der Waals surface area contributed by atoms with Crippen LogP contribution in [0.1, 0.15) is 5.56 Å². The van der Waals surface area contributed by atoms with Gasteiger partial charge in [-0.15, -0.1) is 0 Å². The first-order chi connectivity index (χ1) is 12.8. The van der Waals surface area contributed by atoms with Gasteiger partial charge in [-0.1, -0.05) is 48.5 Å². The molecule has 1 aromatic heterocycles. The standard InChI is InChI=1S/C22H18N2O2/c1-26-18-9-5-8-17(13-18)22-21(16-6-3-2-4-7-16)23-19-11-10-15(14-25)12-20(19)24-22/h2-13,25H,14H2,1H3. The predicted molar refractivity (Wildman–Crippen MR) is 103 cm³/mol. The molecular formula is C22H18N2O2. The molecule has 26 heavy (non-hydrogen) atoms. The van der Waals surface area contributed by atoms with E-state index in [0.717, 1.165) is 44.9 Å². The second-order valence-corrected chi connectivity index (χ2v) is 6.00. The van der Waals surface area contributed by atoms with Crippen LogP contribution in [0.3, 0.4) is 0 Å². The smallest absolute Gasteiger partial charge is 0.119 e. The Kier molecular flexibility index (Phi) is 4.33. The Balaban J connectivity index is 2.00. The first-order valence-corrected chi connectivity index (χ1v) is 8.40. The average Bonchev–Trinajstić information content (AvgIpc) is 2.73. The molecule has 1 N–H and O–H groups in total. The van der Waals surface area contributed by atoms with Crippen molar-refractivity contribution in [2.75, 3.05) is 7.11 Å². The van der Waals surface area contributed by atoms with Gasteiger partial charge in [0, 0.05) is 11.1 Å². The van der Waals surface area contributed by atoms with Crippen molar-refractivity contribution in [3.05, 3.63) is 78.4 Å². The van der Waals surface area contributed by atoms with Crippen molar-refractivity contribution >= 4 is 11.0 Å². The Hall–Kier alpha value is -3.24. The van der Waals surface area contributed by atoms with Gasteiger partial charge in [0.05, 0.1) is 36.1 Å². The average molecular weight is 342 g/mol. The number of rotatable bonds is 4. The van der Waals surface area contributed by atoms with Gasteiger partial charge < -0.3 is 9.84 Å². The summed E-state index contributed by atoms with van der Waals surface area (Å²) in [6.45, 7) is -0.0213. The Labute approximate surface area is 151 Å². The van der Waals surface area contributed by atoms with Crippen molar-refractivity contribution < 1.29 is 9.84 Å². The van der Waals surface area contributed by atoms with Gasteiger partial charge in [0.2, 0.25) is 0 Å². The Morgan fingerprint density at radius 1 is 0.769 bits per heavy atom. The number of aliphatic hydroxyl groups excluding tert-OH is 1. The second kappa shape index (κ2) is 6.94. The lowest BCUT2D eigenvalue weighted by atomic mass is 10.0. The quantitative estimate of drug-likeness (QED) is 0.595. The van der Waals surface area contributed by atoms with Crippen molar-refractivity contribution in [1.29, 1.82) is 0 Å². The molecule has 0 radical (unpaired) electrons. The molecule has 4 nitrogen and oxygen atoms in total. The largest absolute Gasteiger partial charge is 0.497 e. The molecule has 4 aromatic rings. The lowest BCUT2D eigenvalue weighted by Crippen LogP contribution is -1.97. The van der Waals surface area contributed by atoms with Crippen LogP contribution in [-0.2, 0) is 6.61 Å². The molecule has 0 spiro atoms. The van der Waals surface area contributed by atoms with Crippen LogP contribution in [0.4, 0.5) is 0 Å². The van der Waals surface area contributed by atoms with Gasteiger partial charge >= 0.3 is 0 Å². The number of nitrogens with zero attached hydrogens (tertiary/aromatic N) is 2. The molecule has 0 aliphatic carbocycles. The molecule has 0 bridgehead atoms. The van der Waals surface area contributed by atoms with Crippen molar-refractivity contribution in [1.82, 2.24) is 9.97 Å². The molecule has 0 saturated carbocycles. The van der Waals surface area contributed by atoms with Crippen LogP contribution in [0, 0.1) is 0 Å². The van der Waals surface area contributed by atoms with E-state index in [1.807, 2.05) is 72.8 Å². The maximum absolute atomic E-state index is 9.42. The van der Waals surface area contributed by atoms with E-state index in [9.17, 15) is 5.11 Å². The van der Waals surface area contributed by atoms with Gasteiger partial charge in [-0.3, -0.25) is 0 Å². The van der Waals surface area contributed by atoms with E-state index in [1.165, 1.54) is 0 Å². The van der Waals surface area contributed by atoms with E-state index in [2.05, 4.69) is 0 Å². The maximum Gasteiger partial charge on any atom is 0.119 e. The zero-order chi connectivity index (χ0) is 17.9. The zero-order valence-corrected chi connectivity index (χ0v) is 14.4. The predicted octanol–water partition coefficient (Wildman–Crippen LogP) is 4.46. The summed E-state index contributed by atoms with van der Waals surface area (Å²) in [5.41, 5.74) is 5.93. The van der Waals surface area contributed by atoms with Crippen molar-refractivity contribution in [2.24, 2.45) is 0 Å². The molecule has 128 valence electrons. The number of ether oxygens (including phenoxy) is 1. The first kappa shape index (κ1) is 16.2. The summed E-state index contributed by atoms with van der Waals surface area (Å²) < 4.78 is 5.36. The molecule has 0 aliphatic heterocycles. The molecular weight excluding hydrogens is 324 g/mol. The SMILES string of the molecule is COc1cccc(-c2nc3cc(CO)ccc3nc2-c2ccccc2)c1. The van der Waals surface area contributed by atoms with Gasteiger partial charge in [-0.25, -0.2) is 9.97 Å². The van der Waals surface area contributed by atoms with E-state index in [4.69, 9.17) is 14.7 Å². The number of hydrogen-bond donors (Lipinski definition) is 1. The number of fused-ring (bicyclic) bond motifs is 1. The van der Waals surface area contributed by atoms with Gasteiger partial charge in [0.25, 0.3) is 0 Å². The fraction of sp³-hybridized carbons (Fsp3) is 0.0909. The van der Waals surface area contributed by atoms with Crippen LogP contribution in [-0.4, -0.2) is 22.2 Å². The number of aliphatic hydroxyl groups is 1. The van der Waals surface area contributed by atoms with Crippen LogP contribution in [0.5, 0.6) is 5.75 Å². The Morgan fingerprint density at radius 2 is 1.50 bits per heavy atom. The minimum Gasteiger partial charge on any atom is -0.497 e. The molecule has 4 rings (SSSR count). The highest BCUT2D eigenvalue weighted by molar-refractivity contribution is 5.86. The molecule has 3 aromatic carbocycles. The maximum atomic E-state index is 9.42. The normalized spacial score (nSPS) is 10.8. The van der Waals surface area contributed by atoms with Crippen LogP contribution in [0.25, 0.3) is 33.5 Å². The summed E-state index contributed by atoms with van der Waals surface area (Å²) in [6, 6.07) is 23.5. The molecule has 4 heteroatoms. The fourth-order valence-corrected chi connectivity index (χ4v) is 2.97. The van der Waals surface area contributed by atoms with E-state index in [-0.39, 0.29) is 6.61 Å². The molecule has 0 fully saturated rings. The Morgan fingerprint density at radius 3 is 2.27 bits per heavy atom. The van der Waals surface area contributed by atoms with Crippen molar-refractivity contribution in [3.8, 4) is 28.3 Å². The number of aromatic nitrogens is 2. The monoisotopic (exact) mass is 342 g/mol. The van der Waals surface area contributed by atoms with Gasteiger partial charge in [-0.05, 0) is 29.8 Å². The lowest BCUT2D eigenvalue weighted by molar-refractivity contribution is 0.282. The van der Waals surface area contributed by atoms with E-state index < -0.39 is 0 Å². The van der Waals surface area contributed by atoms with Crippen LogP contribution in [0.15, 0.2) is 72.8 Å². The number of benzene rings is 3. The second-order valence-electron chi connectivity index (χ2n) is 6.00. The molecule has 0 saturated heterocycles. The highest BCUT2D eigenvalue weighted by Crippen LogP contribution is 2.32. The van der Waals surface area contributed by atoms with E-state index >= 15 is 0 Å². The van der Waals surface area contributed by atoms with Crippen LogP contribution in [0.2, 0.25) is 0 Å². The topological polar surface area (TPSA) is 55.2 Å². The third kappa shape index (κ3) is 3.03. The fourth-order valence-electron chi connectivity index (χ4n) is 2.97. The van der Waals surface area contributed by atoms with E-state index in [0.29, 0.717) is 0 Å². The highest BCUT2D eigenvalue weighted by Gasteiger charge is 2.14. The van der Waals surface area contributed by atoms with Crippen LogP contribution < -0.4 is 4.74 Å². The summed E-state index contributed by atoms with van der Waals surface area (Å²) in [4.78, 5) is 9.74. The van der Waals surface area contributed by atoms with Gasteiger partial charge in [0.15, 0.2) is 0 Å². The summed E-state index contributed by atoms with van der Waals surface area (Å²) >= 11 is 0. The third-order valence-corrected chi connectivity index (χ3v) is 4.30. The van der Waals surface area contributed by atoms with Gasteiger partial charge in [0.1, 0.15) is 5.75 Å². The summed E-state index contributed by atoms with van der Waals surface area (Å²) in [7, 11) is 1.65. The zero-order valence-electron chi connectivity index (χ0n) is 14.4. The molecule has 1 heterocycles.